The molecule has 0 radical (unpaired) electrons. The third kappa shape index (κ3) is 5.32. The quantitative estimate of drug-likeness (QED) is 0.538. The molecule has 1 N–H and O–H groups in total. The Morgan fingerprint density at radius 2 is 1.94 bits per heavy atom. The predicted molar refractivity (Wildman–Crippen MR) is 118 cm³/mol. The van der Waals surface area contributed by atoms with Gasteiger partial charge in [0.15, 0.2) is 5.16 Å². The Balaban J connectivity index is 1.37. The smallest absolute Gasteiger partial charge is 0.254 e. The van der Waals surface area contributed by atoms with Crippen LogP contribution in [0.3, 0.4) is 0 Å². The van der Waals surface area contributed by atoms with Crippen LogP contribution in [-0.4, -0.2) is 38.1 Å². The highest BCUT2D eigenvalue weighted by Gasteiger charge is 2.33. The molecule has 0 unspecified atom stereocenters. The van der Waals surface area contributed by atoms with E-state index in [9.17, 15) is 14.0 Å². The normalized spacial score (nSPS) is 13.1. The Morgan fingerprint density at radius 1 is 1.19 bits per heavy atom. The first-order chi connectivity index (χ1) is 15.0. The number of carbonyl (C=O) groups excluding carboxylic acids is 2. The Morgan fingerprint density at radius 3 is 2.58 bits per heavy atom. The molecule has 3 aromatic rings. The molecule has 1 heterocycles. The Kier molecular flexibility index (Phi) is 6.36. The van der Waals surface area contributed by atoms with Crippen LogP contribution in [0.1, 0.15) is 28.8 Å². The number of amides is 2. The van der Waals surface area contributed by atoms with Gasteiger partial charge in [0.2, 0.25) is 5.91 Å². The number of imidazole rings is 1. The van der Waals surface area contributed by atoms with Gasteiger partial charge in [-0.05, 0) is 43.2 Å². The van der Waals surface area contributed by atoms with Crippen molar-refractivity contribution in [3.05, 3.63) is 77.9 Å². The van der Waals surface area contributed by atoms with E-state index in [-0.39, 0.29) is 36.0 Å². The van der Waals surface area contributed by atoms with Gasteiger partial charge in [-0.2, -0.15) is 0 Å². The van der Waals surface area contributed by atoms with Crippen molar-refractivity contribution in [2.45, 2.75) is 30.6 Å². The van der Waals surface area contributed by atoms with Crippen LogP contribution in [0.25, 0.3) is 0 Å². The fourth-order valence-electron chi connectivity index (χ4n) is 3.24. The minimum atomic E-state index is -0.303. The summed E-state index contributed by atoms with van der Waals surface area (Å²) in [6.07, 6.45) is 5.38. The monoisotopic (exact) mass is 438 g/mol. The average Bonchev–Trinajstić information content (AvgIpc) is 3.53. The van der Waals surface area contributed by atoms with Crippen molar-refractivity contribution in [1.29, 1.82) is 0 Å². The molecule has 1 aliphatic carbocycles. The molecule has 1 saturated carbocycles. The van der Waals surface area contributed by atoms with Crippen molar-refractivity contribution >= 4 is 29.3 Å². The number of nitrogens with zero attached hydrogens (tertiary/aromatic N) is 3. The summed E-state index contributed by atoms with van der Waals surface area (Å²) in [4.78, 5) is 31.2. The molecule has 8 heteroatoms. The number of rotatable bonds is 8. The van der Waals surface area contributed by atoms with Gasteiger partial charge in [-0.3, -0.25) is 9.59 Å². The molecule has 31 heavy (non-hydrogen) atoms. The highest BCUT2D eigenvalue weighted by Crippen LogP contribution is 2.30. The maximum absolute atomic E-state index is 14.1. The van der Waals surface area contributed by atoms with E-state index < -0.39 is 0 Å². The van der Waals surface area contributed by atoms with Gasteiger partial charge >= 0.3 is 0 Å². The molecule has 0 aliphatic heterocycles. The van der Waals surface area contributed by atoms with Gasteiger partial charge in [-0.1, -0.05) is 30.0 Å². The van der Waals surface area contributed by atoms with Gasteiger partial charge < -0.3 is 14.8 Å². The summed E-state index contributed by atoms with van der Waals surface area (Å²) in [5, 5.41) is 3.60. The summed E-state index contributed by atoms with van der Waals surface area (Å²) in [6.45, 7) is 0.249. The number of nitrogens with one attached hydrogen (secondary N) is 1. The van der Waals surface area contributed by atoms with Crippen LogP contribution in [-0.2, 0) is 18.4 Å². The molecular weight excluding hydrogens is 415 g/mol. The number of hydrogen-bond donors (Lipinski definition) is 1. The zero-order valence-corrected chi connectivity index (χ0v) is 17.9. The molecular formula is C23H23FN4O2S. The number of anilines is 1. The molecule has 0 bridgehead atoms. The lowest BCUT2D eigenvalue weighted by molar-refractivity contribution is -0.113. The summed E-state index contributed by atoms with van der Waals surface area (Å²) in [7, 11) is 1.88. The third-order valence-electron chi connectivity index (χ3n) is 5.07. The molecule has 2 amide bonds. The molecule has 4 rings (SSSR count). The molecule has 1 aromatic heterocycles. The Labute approximate surface area is 184 Å². The van der Waals surface area contributed by atoms with Crippen LogP contribution < -0.4 is 5.32 Å². The van der Waals surface area contributed by atoms with Crippen LogP contribution in [0.4, 0.5) is 10.1 Å². The molecule has 0 atom stereocenters. The van der Waals surface area contributed by atoms with E-state index in [2.05, 4.69) is 10.3 Å². The maximum Gasteiger partial charge on any atom is 0.254 e. The van der Waals surface area contributed by atoms with Crippen LogP contribution in [0.2, 0.25) is 0 Å². The summed E-state index contributed by atoms with van der Waals surface area (Å²) in [6, 6.07) is 13.5. The Bertz CT molecular complexity index is 1080. The van der Waals surface area contributed by atoms with E-state index >= 15 is 0 Å². The third-order valence-corrected chi connectivity index (χ3v) is 6.13. The molecule has 6 nitrogen and oxygen atoms in total. The number of carbonyl (C=O) groups is 2. The molecule has 0 spiro atoms. The average molecular weight is 439 g/mol. The predicted octanol–water partition coefficient (Wildman–Crippen LogP) is 4.09. The fourth-order valence-corrected chi connectivity index (χ4v) is 3.98. The maximum atomic E-state index is 14.1. The second-order valence-corrected chi connectivity index (χ2v) is 8.43. The molecule has 2 aromatic carbocycles. The van der Waals surface area contributed by atoms with E-state index in [1.165, 1.54) is 17.8 Å². The first kappa shape index (κ1) is 21.1. The minimum absolute atomic E-state index is 0.131. The number of benzene rings is 2. The van der Waals surface area contributed by atoms with Gasteiger partial charge in [0.05, 0.1) is 5.75 Å². The number of aryl methyl sites for hydroxylation is 1. The van der Waals surface area contributed by atoms with Gasteiger partial charge in [0.1, 0.15) is 5.82 Å². The summed E-state index contributed by atoms with van der Waals surface area (Å²) >= 11 is 1.35. The topological polar surface area (TPSA) is 67.2 Å². The second-order valence-electron chi connectivity index (χ2n) is 7.49. The number of thioether (sulfide) groups is 1. The van der Waals surface area contributed by atoms with Crippen LogP contribution in [0.15, 0.2) is 66.1 Å². The van der Waals surface area contributed by atoms with E-state index in [4.69, 9.17) is 0 Å². The zero-order valence-electron chi connectivity index (χ0n) is 17.1. The standard InChI is InChI=1S/C23H23FN4O2S/c1-27-13-12-25-23(27)31-15-21(29)26-18-8-6-16(7-9-18)22(30)28(19-10-11-19)14-17-4-2-3-5-20(17)24/h2-9,12-13,19H,10-11,14-15H2,1H3,(H,26,29). The fraction of sp³-hybridized carbons (Fsp3) is 0.261. The minimum Gasteiger partial charge on any atom is -0.331 e. The van der Waals surface area contributed by atoms with E-state index in [1.807, 2.05) is 17.8 Å². The van der Waals surface area contributed by atoms with E-state index in [0.29, 0.717) is 16.8 Å². The molecule has 160 valence electrons. The Hall–Kier alpha value is -3.13. The molecule has 0 saturated heterocycles. The molecule has 1 aliphatic rings. The first-order valence-electron chi connectivity index (χ1n) is 10.1. The van der Waals surface area contributed by atoms with Crippen LogP contribution >= 0.6 is 11.8 Å². The van der Waals surface area contributed by atoms with Crippen molar-refractivity contribution in [1.82, 2.24) is 14.5 Å². The van der Waals surface area contributed by atoms with Crippen LogP contribution in [0.5, 0.6) is 0 Å². The van der Waals surface area contributed by atoms with E-state index in [0.717, 1.165) is 18.0 Å². The lowest BCUT2D eigenvalue weighted by atomic mass is 10.1. The number of halogens is 1. The lowest BCUT2D eigenvalue weighted by Gasteiger charge is -2.23. The number of aromatic nitrogens is 2. The van der Waals surface area contributed by atoms with Gasteiger partial charge in [-0.25, -0.2) is 9.37 Å². The highest BCUT2D eigenvalue weighted by molar-refractivity contribution is 7.99. The zero-order chi connectivity index (χ0) is 21.8. The highest BCUT2D eigenvalue weighted by atomic mass is 32.2. The van der Waals surface area contributed by atoms with Crippen molar-refractivity contribution in [3.8, 4) is 0 Å². The van der Waals surface area contributed by atoms with Crippen molar-refractivity contribution in [2.75, 3.05) is 11.1 Å². The summed E-state index contributed by atoms with van der Waals surface area (Å²) in [5.74, 6) is -0.341. The van der Waals surface area contributed by atoms with Crippen LogP contribution in [0, 0.1) is 5.82 Å². The second kappa shape index (κ2) is 9.34. The molecule has 1 fully saturated rings. The van der Waals surface area contributed by atoms with E-state index in [1.54, 1.807) is 53.6 Å². The summed E-state index contributed by atoms with van der Waals surface area (Å²) in [5.41, 5.74) is 1.65. The van der Waals surface area contributed by atoms with Crippen molar-refractivity contribution in [2.24, 2.45) is 7.05 Å². The first-order valence-corrected chi connectivity index (χ1v) is 11.0. The number of hydrogen-bond acceptors (Lipinski definition) is 4. The van der Waals surface area contributed by atoms with Crippen molar-refractivity contribution < 1.29 is 14.0 Å². The van der Waals surface area contributed by atoms with Gasteiger partial charge in [0.25, 0.3) is 5.91 Å². The van der Waals surface area contributed by atoms with Gasteiger partial charge in [-0.15, -0.1) is 0 Å². The SMILES string of the molecule is Cn1ccnc1SCC(=O)Nc1ccc(C(=O)N(Cc2ccccc2F)C2CC2)cc1. The van der Waals surface area contributed by atoms with Gasteiger partial charge in [0, 0.05) is 48.8 Å². The van der Waals surface area contributed by atoms with Crippen molar-refractivity contribution in [3.63, 3.8) is 0 Å². The lowest BCUT2D eigenvalue weighted by Crippen LogP contribution is -2.32. The summed E-state index contributed by atoms with van der Waals surface area (Å²) < 4.78 is 15.9. The largest absolute Gasteiger partial charge is 0.331 e.